The van der Waals surface area contributed by atoms with Crippen LogP contribution >= 0.6 is 0 Å². The molecule has 1 saturated heterocycles. The van der Waals surface area contributed by atoms with Gasteiger partial charge < -0.3 is 14.8 Å². The summed E-state index contributed by atoms with van der Waals surface area (Å²) in [4.78, 5) is 12.3. The first-order valence-electron chi connectivity index (χ1n) is 10.1. The van der Waals surface area contributed by atoms with E-state index in [0.717, 1.165) is 42.7 Å². The van der Waals surface area contributed by atoms with E-state index in [-0.39, 0.29) is 11.2 Å². The number of anilines is 1. The van der Waals surface area contributed by atoms with E-state index in [2.05, 4.69) is 5.32 Å². The normalized spacial score (nSPS) is 15.6. The van der Waals surface area contributed by atoms with Crippen LogP contribution in [-0.2, 0) is 32.5 Å². The Morgan fingerprint density at radius 1 is 1.14 bits per heavy atom. The zero-order chi connectivity index (χ0) is 20.5. The van der Waals surface area contributed by atoms with Crippen molar-refractivity contribution < 1.29 is 18.5 Å². The van der Waals surface area contributed by atoms with Crippen molar-refractivity contribution in [2.45, 2.75) is 43.1 Å². The van der Waals surface area contributed by atoms with E-state index in [4.69, 9.17) is 9.47 Å². The molecule has 1 unspecified atom stereocenters. The first-order valence-corrected chi connectivity index (χ1v) is 11.5. The lowest BCUT2D eigenvalue weighted by atomic mass is 10.1. The number of nitrogens with one attached hydrogen (secondary N) is 1. The molecule has 1 amide bonds. The minimum atomic E-state index is -0.909. The third-order valence-corrected chi connectivity index (χ3v) is 6.92. The summed E-state index contributed by atoms with van der Waals surface area (Å²) in [7, 11) is 0.741. The van der Waals surface area contributed by atoms with Crippen LogP contribution in [0, 0.1) is 0 Å². The van der Waals surface area contributed by atoms with E-state index in [9.17, 15) is 9.00 Å². The van der Waals surface area contributed by atoms with Crippen LogP contribution in [0.15, 0.2) is 48.5 Å². The second-order valence-electron chi connectivity index (χ2n) is 7.29. The molecule has 0 spiro atoms. The predicted molar refractivity (Wildman–Crippen MR) is 117 cm³/mol. The fourth-order valence-electron chi connectivity index (χ4n) is 3.43. The number of aryl methyl sites for hydroxylation is 1. The topological polar surface area (TPSA) is 64.6 Å². The van der Waals surface area contributed by atoms with E-state index >= 15 is 0 Å². The summed E-state index contributed by atoms with van der Waals surface area (Å²) in [6.45, 7) is 1.39. The first kappa shape index (κ1) is 21.5. The summed E-state index contributed by atoms with van der Waals surface area (Å²) in [6, 6.07) is 15.6. The number of ether oxygens (including phenoxy) is 2. The number of methoxy groups -OCH3 is 1. The summed E-state index contributed by atoms with van der Waals surface area (Å²) in [5.74, 6) is 1.36. The highest BCUT2D eigenvalue weighted by Gasteiger charge is 2.20. The largest absolute Gasteiger partial charge is 0.497 e. The molecule has 3 rings (SSSR count). The molecule has 1 aliphatic heterocycles. The maximum atomic E-state index is 12.6. The zero-order valence-corrected chi connectivity index (χ0v) is 17.7. The fourth-order valence-corrected chi connectivity index (χ4v) is 4.89. The van der Waals surface area contributed by atoms with Crippen LogP contribution in [0.4, 0.5) is 5.69 Å². The predicted octanol–water partition coefficient (Wildman–Crippen LogP) is 4.08. The number of rotatable bonds is 9. The molecule has 0 aromatic heterocycles. The van der Waals surface area contributed by atoms with Crippen molar-refractivity contribution >= 4 is 22.4 Å². The number of amides is 1. The number of carbonyl (C=O) groups is 1. The lowest BCUT2D eigenvalue weighted by molar-refractivity contribution is -0.116. The second kappa shape index (κ2) is 11.1. The molecular weight excluding hydrogens is 386 g/mol. The molecule has 6 heteroatoms. The molecule has 0 aliphatic carbocycles. The Balaban J connectivity index is 1.44. The Kier molecular flexibility index (Phi) is 8.25. The highest BCUT2D eigenvalue weighted by atomic mass is 32.2. The van der Waals surface area contributed by atoms with Gasteiger partial charge in [-0.05, 0) is 61.1 Å². The molecule has 2 aromatic carbocycles. The smallest absolute Gasteiger partial charge is 0.224 e. The average molecular weight is 416 g/mol. The lowest BCUT2D eigenvalue weighted by Crippen LogP contribution is -2.25. The lowest BCUT2D eigenvalue weighted by Gasteiger charge is -2.21. The molecule has 1 fully saturated rings. The molecular formula is C23H29NO4S. The molecule has 2 aromatic rings. The van der Waals surface area contributed by atoms with Crippen molar-refractivity contribution in [1.29, 1.82) is 0 Å². The van der Waals surface area contributed by atoms with Crippen LogP contribution in [-0.4, -0.2) is 35.7 Å². The SMILES string of the molecule is COc1ccc(CCCC(=O)Nc2cccc(CS(=O)C3CCOCC3)c2)cc1. The van der Waals surface area contributed by atoms with Crippen molar-refractivity contribution in [3.8, 4) is 5.75 Å². The van der Waals surface area contributed by atoms with E-state index in [0.29, 0.717) is 25.4 Å². The molecule has 5 nitrogen and oxygen atoms in total. The van der Waals surface area contributed by atoms with E-state index < -0.39 is 10.8 Å². The van der Waals surface area contributed by atoms with Crippen molar-refractivity contribution in [1.82, 2.24) is 0 Å². The van der Waals surface area contributed by atoms with Gasteiger partial charge in [-0.1, -0.05) is 24.3 Å². The molecule has 29 heavy (non-hydrogen) atoms. The number of benzene rings is 2. The fraction of sp³-hybridized carbons (Fsp3) is 0.435. The highest BCUT2D eigenvalue weighted by molar-refractivity contribution is 7.84. The van der Waals surface area contributed by atoms with E-state index in [1.54, 1.807) is 7.11 Å². The average Bonchev–Trinajstić information content (AvgIpc) is 2.75. The van der Waals surface area contributed by atoms with Gasteiger partial charge in [-0.15, -0.1) is 0 Å². The van der Waals surface area contributed by atoms with Gasteiger partial charge in [-0.3, -0.25) is 9.00 Å². The molecule has 1 N–H and O–H groups in total. The van der Waals surface area contributed by atoms with Crippen molar-refractivity contribution in [3.63, 3.8) is 0 Å². The van der Waals surface area contributed by atoms with Crippen LogP contribution in [0.2, 0.25) is 0 Å². The van der Waals surface area contributed by atoms with Gasteiger partial charge in [0.1, 0.15) is 5.75 Å². The van der Waals surface area contributed by atoms with Crippen molar-refractivity contribution in [3.05, 3.63) is 59.7 Å². The molecule has 0 bridgehead atoms. The molecule has 0 saturated carbocycles. The summed E-state index contributed by atoms with van der Waals surface area (Å²) in [6.07, 6.45) is 3.81. The Morgan fingerprint density at radius 3 is 2.62 bits per heavy atom. The van der Waals surface area contributed by atoms with E-state index in [1.165, 1.54) is 5.56 Å². The maximum absolute atomic E-state index is 12.6. The van der Waals surface area contributed by atoms with Gasteiger partial charge in [0.2, 0.25) is 5.91 Å². The summed E-state index contributed by atoms with van der Waals surface area (Å²) in [5, 5.41) is 3.17. The highest BCUT2D eigenvalue weighted by Crippen LogP contribution is 2.19. The minimum absolute atomic E-state index is 0.00112. The van der Waals surface area contributed by atoms with Gasteiger partial charge in [0.15, 0.2) is 0 Å². The maximum Gasteiger partial charge on any atom is 0.224 e. The van der Waals surface area contributed by atoms with E-state index in [1.807, 2.05) is 48.5 Å². The van der Waals surface area contributed by atoms with Gasteiger partial charge in [-0.2, -0.15) is 0 Å². The zero-order valence-electron chi connectivity index (χ0n) is 16.9. The van der Waals surface area contributed by atoms with Crippen molar-refractivity contribution in [2.75, 3.05) is 25.6 Å². The van der Waals surface area contributed by atoms with Crippen molar-refractivity contribution in [2.24, 2.45) is 0 Å². The standard InChI is InChI=1S/C23H29NO4S/c1-27-21-10-8-18(9-11-21)4-3-7-23(25)24-20-6-2-5-19(16-20)17-29(26)22-12-14-28-15-13-22/h2,5-6,8-11,16,22H,3-4,7,12-15,17H2,1H3,(H,24,25). The number of hydrogen-bond donors (Lipinski definition) is 1. The Bertz CT molecular complexity index is 816. The Hall–Kier alpha value is -2.18. The molecule has 1 atom stereocenters. The summed E-state index contributed by atoms with van der Waals surface area (Å²) >= 11 is 0. The second-order valence-corrected chi connectivity index (χ2v) is 9.00. The van der Waals surface area contributed by atoms with Crippen LogP contribution in [0.3, 0.4) is 0 Å². The minimum Gasteiger partial charge on any atom is -0.497 e. The summed E-state index contributed by atoms with van der Waals surface area (Å²) < 4.78 is 23.1. The molecule has 156 valence electrons. The third kappa shape index (κ3) is 6.98. The molecule has 0 radical (unpaired) electrons. The van der Waals surface area contributed by atoms with Gasteiger partial charge in [0.05, 0.1) is 7.11 Å². The van der Waals surface area contributed by atoms with Gasteiger partial charge >= 0.3 is 0 Å². The Morgan fingerprint density at radius 2 is 1.90 bits per heavy atom. The Labute approximate surface area is 175 Å². The van der Waals surface area contributed by atoms with Crippen LogP contribution in [0.5, 0.6) is 5.75 Å². The number of carbonyl (C=O) groups excluding carboxylic acids is 1. The van der Waals surface area contributed by atoms with Gasteiger partial charge in [-0.25, -0.2) is 0 Å². The first-order chi connectivity index (χ1) is 14.1. The molecule has 1 heterocycles. The third-order valence-electron chi connectivity index (χ3n) is 5.09. The van der Waals surface area contributed by atoms with Crippen LogP contribution in [0.25, 0.3) is 0 Å². The van der Waals surface area contributed by atoms with Crippen LogP contribution in [0.1, 0.15) is 36.8 Å². The molecule has 1 aliphatic rings. The van der Waals surface area contributed by atoms with Gasteiger partial charge in [0, 0.05) is 47.1 Å². The monoisotopic (exact) mass is 415 g/mol. The quantitative estimate of drug-likeness (QED) is 0.670. The van der Waals surface area contributed by atoms with Gasteiger partial charge in [0.25, 0.3) is 0 Å². The van der Waals surface area contributed by atoms with Crippen LogP contribution < -0.4 is 10.1 Å². The number of hydrogen-bond acceptors (Lipinski definition) is 4. The summed E-state index contributed by atoms with van der Waals surface area (Å²) in [5.41, 5.74) is 2.95.